The molecule has 1 aliphatic carbocycles. The fraction of sp³-hybridized carbons (Fsp3) is 0.227. The number of aromatic nitrogens is 5. The highest BCUT2D eigenvalue weighted by Gasteiger charge is 2.28. The van der Waals surface area contributed by atoms with Crippen LogP contribution in [0.25, 0.3) is 11.4 Å². The molecule has 4 aromatic rings. The molecule has 5 rings (SSSR count). The van der Waals surface area contributed by atoms with E-state index in [2.05, 4.69) is 25.8 Å². The van der Waals surface area contributed by atoms with Gasteiger partial charge in [0.15, 0.2) is 5.82 Å². The molecule has 1 aliphatic rings. The number of tetrazole rings is 1. The summed E-state index contributed by atoms with van der Waals surface area (Å²) >= 11 is 1.27. The molecule has 0 atom stereocenters. The van der Waals surface area contributed by atoms with Crippen molar-refractivity contribution >= 4 is 22.9 Å². The molecule has 1 amide bonds. The quantitative estimate of drug-likeness (QED) is 0.448. The van der Waals surface area contributed by atoms with Crippen molar-refractivity contribution < 1.29 is 13.9 Å². The van der Waals surface area contributed by atoms with Gasteiger partial charge in [-0.05, 0) is 66.6 Å². The van der Waals surface area contributed by atoms with Crippen molar-refractivity contribution in [3.05, 3.63) is 69.9 Å². The minimum absolute atomic E-state index is 0.198. The van der Waals surface area contributed by atoms with Gasteiger partial charge in [0.2, 0.25) is 0 Å². The highest BCUT2D eigenvalue weighted by Crippen LogP contribution is 2.36. The zero-order valence-corrected chi connectivity index (χ0v) is 18.0. The first kappa shape index (κ1) is 20.3. The average molecular weight is 450 g/mol. The van der Waals surface area contributed by atoms with Crippen LogP contribution in [0.15, 0.2) is 48.5 Å². The van der Waals surface area contributed by atoms with Crippen LogP contribution < -0.4 is 10.1 Å². The number of nitrogens with one attached hydrogen (secondary N) is 1. The van der Waals surface area contributed by atoms with E-state index in [1.54, 1.807) is 19.1 Å². The second-order valence-electron chi connectivity index (χ2n) is 7.48. The van der Waals surface area contributed by atoms with Gasteiger partial charge in [0.1, 0.15) is 28.1 Å². The maximum Gasteiger partial charge on any atom is 0.267 e. The molecular formula is C22H19FN6O2S. The van der Waals surface area contributed by atoms with Gasteiger partial charge in [0.05, 0.1) is 11.7 Å². The molecule has 8 nitrogen and oxygen atoms in total. The standard InChI is InChI=1S/C22H19FN6O2S/c1-13-20(32-19(24-13)12-31-18-9-5-15(23)6-10-18)22(30)25-16-4-2-3-14(11-16)21-26-27-28-29(21)17-7-8-17/h2-6,9-11,17H,7-8,12H2,1H3,(H,25,30). The van der Waals surface area contributed by atoms with E-state index in [0.29, 0.717) is 38.9 Å². The third kappa shape index (κ3) is 4.35. The Morgan fingerprint density at radius 3 is 2.84 bits per heavy atom. The zero-order chi connectivity index (χ0) is 22.1. The normalized spacial score (nSPS) is 13.2. The Labute approximate surface area is 187 Å². The van der Waals surface area contributed by atoms with Gasteiger partial charge < -0.3 is 10.1 Å². The van der Waals surface area contributed by atoms with Crippen molar-refractivity contribution in [1.29, 1.82) is 0 Å². The first-order valence-corrected chi connectivity index (χ1v) is 10.9. The minimum atomic E-state index is -0.325. The van der Waals surface area contributed by atoms with Gasteiger partial charge in [-0.3, -0.25) is 4.79 Å². The third-order valence-corrected chi connectivity index (χ3v) is 6.12. The van der Waals surface area contributed by atoms with E-state index in [4.69, 9.17) is 4.74 Å². The smallest absolute Gasteiger partial charge is 0.267 e. The third-order valence-electron chi connectivity index (χ3n) is 4.99. The number of benzene rings is 2. The Balaban J connectivity index is 1.28. The van der Waals surface area contributed by atoms with Crippen molar-refractivity contribution in [3.8, 4) is 17.1 Å². The molecule has 162 valence electrons. The Kier molecular flexibility index (Phi) is 5.36. The van der Waals surface area contributed by atoms with Gasteiger partial charge in [-0.15, -0.1) is 16.4 Å². The first-order chi connectivity index (χ1) is 15.6. The highest BCUT2D eigenvalue weighted by molar-refractivity contribution is 7.13. The van der Waals surface area contributed by atoms with E-state index in [1.165, 1.54) is 23.5 Å². The number of hydrogen-bond acceptors (Lipinski definition) is 7. The van der Waals surface area contributed by atoms with E-state index in [0.717, 1.165) is 18.4 Å². The number of aryl methyl sites for hydroxylation is 1. The van der Waals surface area contributed by atoms with Gasteiger partial charge in [-0.25, -0.2) is 14.1 Å². The Bertz CT molecular complexity index is 1270. The molecule has 10 heteroatoms. The van der Waals surface area contributed by atoms with Crippen LogP contribution >= 0.6 is 11.3 Å². The molecule has 0 radical (unpaired) electrons. The summed E-state index contributed by atoms with van der Waals surface area (Å²) in [5.41, 5.74) is 2.11. The molecule has 1 N–H and O–H groups in total. The van der Waals surface area contributed by atoms with Crippen LogP contribution in [0.4, 0.5) is 10.1 Å². The van der Waals surface area contributed by atoms with Crippen molar-refractivity contribution in [3.63, 3.8) is 0 Å². The number of carbonyl (C=O) groups is 1. The minimum Gasteiger partial charge on any atom is -0.486 e. The molecule has 2 aromatic carbocycles. The molecule has 2 aromatic heterocycles. The van der Waals surface area contributed by atoms with Crippen molar-refractivity contribution in [1.82, 2.24) is 25.2 Å². The molecule has 0 spiro atoms. The molecule has 0 unspecified atom stereocenters. The maximum atomic E-state index is 13.0. The SMILES string of the molecule is Cc1nc(COc2ccc(F)cc2)sc1C(=O)Nc1cccc(-c2nnnn2C2CC2)c1. The predicted octanol–water partition coefficient (Wildman–Crippen LogP) is 4.41. The van der Waals surface area contributed by atoms with Crippen LogP contribution in [0, 0.1) is 12.7 Å². The lowest BCUT2D eigenvalue weighted by molar-refractivity contribution is 0.103. The molecule has 0 aliphatic heterocycles. The summed E-state index contributed by atoms with van der Waals surface area (Å²) in [5, 5.41) is 15.6. The largest absolute Gasteiger partial charge is 0.486 e. The topological polar surface area (TPSA) is 94.8 Å². The second-order valence-corrected chi connectivity index (χ2v) is 8.56. The maximum absolute atomic E-state index is 13.0. The number of halogens is 1. The van der Waals surface area contributed by atoms with E-state index in [1.807, 2.05) is 28.9 Å². The summed E-state index contributed by atoms with van der Waals surface area (Å²) < 4.78 is 20.5. The van der Waals surface area contributed by atoms with Crippen LogP contribution in [-0.4, -0.2) is 31.1 Å². The van der Waals surface area contributed by atoms with Gasteiger partial charge >= 0.3 is 0 Å². The number of nitrogens with zero attached hydrogens (tertiary/aromatic N) is 5. The molecule has 1 fully saturated rings. The number of carbonyl (C=O) groups excluding carboxylic acids is 1. The highest BCUT2D eigenvalue weighted by atomic mass is 32.1. The summed E-state index contributed by atoms with van der Waals surface area (Å²) in [4.78, 5) is 17.8. The zero-order valence-electron chi connectivity index (χ0n) is 17.2. The van der Waals surface area contributed by atoms with E-state index >= 15 is 0 Å². The number of rotatable bonds is 7. The molecule has 2 heterocycles. The summed E-state index contributed by atoms with van der Waals surface area (Å²) in [6.45, 7) is 1.98. The Morgan fingerprint density at radius 2 is 2.06 bits per heavy atom. The van der Waals surface area contributed by atoms with Gasteiger partial charge in [-0.1, -0.05) is 12.1 Å². The van der Waals surface area contributed by atoms with Crippen molar-refractivity contribution in [2.75, 3.05) is 5.32 Å². The van der Waals surface area contributed by atoms with Gasteiger partial charge in [-0.2, -0.15) is 0 Å². The van der Waals surface area contributed by atoms with Crippen LogP contribution in [0.1, 0.15) is 39.3 Å². The molecule has 0 saturated heterocycles. The van der Waals surface area contributed by atoms with E-state index in [9.17, 15) is 9.18 Å². The fourth-order valence-corrected chi connectivity index (χ4v) is 4.15. The van der Waals surface area contributed by atoms with Crippen LogP contribution in [0.3, 0.4) is 0 Å². The van der Waals surface area contributed by atoms with Crippen molar-refractivity contribution in [2.45, 2.75) is 32.4 Å². The van der Waals surface area contributed by atoms with Crippen molar-refractivity contribution in [2.24, 2.45) is 0 Å². The van der Waals surface area contributed by atoms with Gasteiger partial charge in [0.25, 0.3) is 5.91 Å². The summed E-state index contributed by atoms with van der Waals surface area (Å²) in [7, 11) is 0. The summed E-state index contributed by atoms with van der Waals surface area (Å²) in [6, 6.07) is 13.6. The second kappa shape index (κ2) is 8.46. The average Bonchev–Trinajstić information content (AvgIpc) is 3.39. The number of hydrogen-bond donors (Lipinski definition) is 1. The van der Waals surface area contributed by atoms with Crippen LogP contribution in [-0.2, 0) is 6.61 Å². The van der Waals surface area contributed by atoms with Crippen LogP contribution in [0.2, 0.25) is 0 Å². The lowest BCUT2D eigenvalue weighted by Gasteiger charge is -2.07. The number of amides is 1. The number of thiazole rings is 1. The summed E-state index contributed by atoms with van der Waals surface area (Å²) in [6.07, 6.45) is 2.15. The van der Waals surface area contributed by atoms with Gasteiger partial charge in [0, 0.05) is 11.3 Å². The molecule has 0 bridgehead atoms. The molecule has 32 heavy (non-hydrogen) atoms. The lowest BCUT2D eigenvalue weighted by Crippen LogP contribution is -2.11. The number of anilines is 1. The monoisotopic (exact) mass is 450 g/mol. The lowest BCUT2D eigenvalue weighted by atomic mass is 10.2. The first-order valence-electron chi connectivity index (χ1n) is 10.1. The molecule has 1 saturated carbocycles. The number of ether oxygens (including phenoxy) is 1. The molecular weight excluding hydrogens is 431 g/mol. The van der Waals surface area contributed by atoms with Crippen LogP contribution in [0.5, 0.6) is 5.75 Å². The van der Waals surface area contributed by atoms with E-state index < -0.39 is 0 Å². The predicted molar refractivity (Wildman–Crippen MR) is 117 cm³/mol. The Morgan fingerprint density at radius 1 is 1.25 bits per heavy atom. The fourth-order valence-electron chi connectivity index (χ4n) is 3.27. The Hall–Kier alpha value is -3.66. The van der Waals surface area contributed by atoms with E-state index in [-0.39, 0.29) is 18.3 Å². The summed E-state index contributed by atoms with van der Waals surface area (Å²) in [5.74, 6) is 0.662.